The highest BCUT2D eigenvalue weighted by atomic mass is 31.2. The fourth-order valence-corrected chi connectivity index (χ4v) is 4.73. The normalized spacial score (nSPS) is 14.3. The van der Waals surface area contributed by atoms with Crippen molar-refractivity contribution < 1.29 is 18.7 Å². The van der Waals surface area contributed by atoms with Gasteiger partial charge in [0.15, 0.2) is 5.85 Å². The predicted octanol–water partition coefficient (Wildman–Crippen LogP) is 5.56. The molecule has 5 nitrogen and oxygen atoms in total. The van der Waals surface area contributed by atoms with Crippen molar-refractivity contribution in [3.05, 3.63) is 54.2 Å². The van der Waals surface area contributed by atoms with E-state index in [1.54, 1.807) is 59.9 Å². The first-order chi connectivity index (χ1) is 11.9. The Labute approximate surface area is 155 Å². The minimum absolute atomic E-state index is 0.474. The summed E-state index contributed by atoms with van der Waals surface area (Å²) in [5.41, 5.74) is 0.755. The summed E-state index contributed by atoms with van der Waals surface area (Å²) in [5, 5.41) is 10.8. The third-order valence-corrected chi connectivity index (χ3v) is 5.77. The van der Waals surface area contributed by atoms with Gasteiger partial charge >= 0.3 is 7.60 Å². The Morgan fingerprint density at radius 1 is 0.923 bits per heavy atom. The summed E-state index contributed by atoms with van der Waals surface area (Å²) in [4.78, 5) is 4.30. The van der Waals surface area contributed by atoms with Crippen LogP contribution in [0.4, 0.5) is 0 Å². The molecule has 0 aliphatic rings. The van der Waals surface area contributed by atoms with Gasteiger partial charge in [0, 0.05) is 11.8 Å². The number of benzene rings is 1. The van der Waals surface area contributed by atoms with Gasteiger partial charge in [0.1, 0.15) is 0 Å². The fourth-order valence-electron chi connectivity index (χ4n) is 2.42. The first kappa shape index (κ1) is 20.8. The monoisotopic (exact) mass is 377 g/mol. The van der Waals surface area contributed by atoms with Gasteiger partial charge in [0.25, 0.3) is 0 Å². The van der Waals surface area contributed by atoms with E-state index in [1.165, 1.54) is 0 Å². The third kappa shape index (κ3) is 5.75. The highest BCUT2D eigenvalue weighted by molar-refractivity contribution is 7.54. The Bertz CT molecular complexity index is 741. The van der Waals surface area contributed by atoms with E-state index in [0.717, 1.165) is 11.3 Å². The van der Waals surface area contributed by atoms with Crippen molar-refractivity contribution >= 4 is 7.60 Å². The van der Waals surface area contributed by atoms with Crippen LogP contribution in [0.3, 0.4) is 0 Å². The molecule has 1 heterocycles. The van der Waals surface area contributed by atoms with Crippen LogP contribution in [0.2, 0.25) is 0 Å². The lowest BCUT2D eigenvalue weighted by molar-refractivity contribution is 0.0271. The van der Waals surface area contributed by atoms with Gasteiger partial charge in [-0.3, -0.25) is 9.55 Å². The van der Waals surface area contributed by atoms with Crippen molar-refractivity contribution in [1.29, 1.82) is 0 Å². The summed E-state index contributed by atoms with van der Waals surface area (Å²) in [6, 6.07) is 12.8. The van der Waals surface area contributed by atoms with Crippen LogP contribution in [0.15, 0.2) is 48.7 Å². The topological polar surface area (TPSA) is 68.7 Å². The molecule has 1 aromatic heterocycles. The van der Waals surface area contributed by atoms with E-state index in [1.807, 2.05) is 30.3 Å². The van der Waals surface area contributed by atoms with Gasteiger partial charge in [-0.25, -0.2) is 0 Å². The number of aliphatic hydroxyl groups excluding tert-OH is 1. The first-order valence-electron chi connectivity index (χ1n) is 8.60. The Balaban J connectivity index is 2.33. The minimum Gasteiger partial charge on any atom is -0.376 e. The summed E-state index contributed by atoms with van der Waals surface area (Å²) < 4.78 is 24.8. The van der Waals surface area contributed by atoms with E-state index in [4.69, 9.17) is 9.05 Å². The van der Waals surface area contributed by atoms with E-state index in [2.05, 4.69) is 4.98 Å². The summed E-state index contributed by atoms with van der Waals surface area (Å²) in [6.07, 6.45) is 1.72. The second-order valence-corrected chi connectivity index (χ2v) is 10.1. The summed E-state index contributed by atoms with van der Waals surface area (Å²) in [5.74, 6) is -1.38. The van der Waals surface area contributed by atoms with E-state index < -0.39 is 24.6 Å². The van der Waals surface area contributed by atoms with Crippen LogP contribution in [0, 0.1) is 0 Å². The molecule has 1 N–H and O–H groups in total. The molecule has 1 aromatic carbocycles. The smallest absolute Gasteiger partial charge is 0.364 e. The Hall–Kier alpha value is -1.52. The van der Waals surface area contributed by atoms with Gasteiger partial charge in [-0.15, -0.1) is 0 Å². The molecule has 142 valence electrons. The van der Waals surface area contributed by atoms with E-state index in [0.29, 0.717) is 5.56 Å². The molecule has 1 unspecified atom stereocenters. The van der Waals surface area contributed by atoms with Crippen molar-refractivity contribution in [2.75, 3.05) is 0 Å². The quantitative estimate of drug-likeness (QED) is 0.691. The molecule has 2 aromatic rings. The Morgan fingerprint density at radius 2 is 1.46 bits per heavy atom. The Kier molecular flexibility index (Phi) is 6.09. The van der Waals surface area contributed by atoms with Gasteiger partial charge in [-0.2, -0.15) is 0 Å². The van der Waals surface area contributed by atoms with Gasteiger partial charge < -0.3 is 14.2 Å². The minimum atomic E-state index is -3.82. The SMILES string of the molecule is CC(C)(C)OP(=O)(OC(C)(C)C)C(O)c1ccc(-c2ccccn2)cc1. The average molecular weight is 377 g/mol. The summed E-state index contributed by atoms with van der Waals surface area (Å²) in [6.45, 7) is 10.7. The van der Waals surface area contributed by atoms with Crippen molar-refractivity contribution in [3.63, 3.8) is 0 Å². The number of nitrogens with zero attached hydrogens (tertiary/aromatic N) is 1. The largest absolute Gasteiger partial charge is 0.376 e. The zero-order chi connectivity index (χ0) is 19.6. The molecule has 0 saturated carbocycles. The zero-order valence-corrected chi connectivity index (χ0v) is 17.2. The van der Waals surface area contributed by atoms with Gasteiger partial charge in [-0.1, -0.05) is 30.3 Å². The fraction of sp³-hybridized carbons (Fsp3) is 0.450. The van der Waals surface area contributed by atoms with Gasteiger partial charge in [-0.05, 0) is 59.2 Å². The third-order valence-electron chi connectivity index (χ3n) is 3.27. The number of hydrogen-bond acceptors (Lipinski definition) is 5. The maximum Gasteiger partial charge on any atom is 0.364 e. The maximum absolute atomic E-state index is 13.4. The first-order valence-corrected chi connectivity index (χ1v) is 10.2. The lowest BCUT2D eigenvalue weighted by Crippen LogP contribution is -2.26. The highest BCUT2D eigenvalue weighted by Crippen LogP contribution is 2.63. The maximum atomic E-state index is 13.4. The van der Waals surface area contributed by atoms with Crippen LogP contribution >= 0.6 is 7.60 Å². The van der Waals surface area contributed by atoms with E-state index >= 15 is 0 Å². The van der Waals surface area contributed by atoms with Crippen molar-refractivity contribution in [2.24, 2.45) is 0 Å². The average Bonchev–Trinajstić information content (AvgIpc) is 2.51. The van der Waals surface area contributed by atoms with Crippen LogP contribution in [-0.2, 0) is 13.6 Å². The second kappa shape index (κ2) is 7.61. The lowest BCUT2D eigenvalue weighted by Gasteiger charge is -2.34. The standard InChI is InChI=1S/C20H28NO4P/c1-19(2,3)24-26(23,25-20(4,5)6)18(22)16-12-10-15(11-13-16)17-9-7-8-14-21-17/h7-14,18,22H,1-6H3. The van der Waals surface area contributed by atoms with Crippen molar-refractivity contribution in [1.82, 2.24) is 4.98 Å². The molecule has 6 heteroatoms. The number of hydrogen-bond donors (Lipinski definition) is 1. The molecule has 0 fully saturated rings. The molecule has 0 amide bonds. The van der Waals surface area contributed by atoms with Crippen molar-refractivity contribution in [3.8, 4) is 11.3 Å². The molecule has 0 aliphatic carbocycles. The van der Waals surface area contributed by atoms with E-state index in [9.17, 15) is 9.67 Å². The van der Waals surface area contributed by atoms with Crippen LogP contribution in [0.1, 0.15) is 53.0 Å². The molecular formula is C20H28NO4P. The van der Waals surface area contributed by atoms with Gasteiger partial charge in [0.2, 0.25) is 0 Å². The molecule has 0 aliphatic heterocycles. The van der Waals surface area contributed by atoms with Crippen LogP contribution < -0.4 is 0 Å². The molecule has 0 saturated heterocycles. The van der Waals surface area contributed by atoms with Crippen molar-refractivity contribution in [2.45, 2.75) is 58.6 Å². The van der Waals surface area contributed by atoms with E-state index in [-0.39, 0.29) is 0 Å². The van der Waals surface area contributed by atoms with Crippen LogP contribution in [0.25, 0.3) is 11.3 Å². The lowest BCUT2D eigenvalue weighted by atomic mass is 10.1. The molecule has 26 heavy (non-hydrogen) atoms. The number of aliphatic hydroxyl groups is 1. The van der Waals surface area contributed by atoms with Gasteiger partial charge in [0.05, 0.1) is 16.9 Å². The molecule has 0 spiro atoms. The van der Waals surface area contributed by atoms with Crippen LogP contribution in [0.5, 0.6) is 0 Å². The molecular weight excluding hydrogens is 349 g/mol. The number of rotatable bonds is 5. The second-order valence-electron chi connectivity index (χ2n) is 8.16. The summed E-state index contributed by atoms with van der Waals surface area (Å²) in [7, 11) is -3.82. The number of aromatic nitrogens is 1. The molecule has 1 atom stereocenters. The highest BCUT2D eigenvalue weighted by Gasteiger charge is 2.42. The zero-order valence-electron chi connectivity index (χ0n) is 16.3. The predicted molar refractivity (Wildman–Crippen MR) is 104 cm³/mol. The van der Waals surface area contributed by atoms with Crippen LogP contribution in [-0.4, -0.2) is 21.3 Å². The molecule has 0 bridgehead atoms. The Morgan fingerprint density at radius 3 is 1.88 bits per heavy atom. The summed E-state index contributed by atoms with van der Waals surface area (Å²) >= 11 is 0. The molecule has 0 radical (unpaired) electrons. The number of pyridine rings is 1. The molecule has 2 rings (SSSR count).